The largest absolute Gasteiger partial charge is 0.695 e. The fourth-order valence-corrected chi connectivity index (χ4v) is 10.2. The molecule has 0 radical (unpaired) electrons. The number of aromatic amines is 1. The van der Waals surface area contributed by atoms with Crippen molar-refractivity contribution >= 4 is 61.0 Å². The Morgan fingerprint density at radius 1 is 0.986 bits per heavy atom. The first kappa shape index (κ1) is 51.9. The third-order valence-corrected chi connectivity index (χ3v) is 14.3. The molecule has 22 nitrogen and oxygen atoms in total. The van der Waals surface area contributed by atoms with Crippen LogP contribution >= 0.6 is 15.0 Å². The van der Waals surface area contributed by atoms with Gasteiger partial charge in [0, 0.05) is 17.0 Å². The number of rotatable bonds is 23. The number of benzene rings is 3. The summed E-state index contributed by atoms with van der Waals surface area (Å²) in [6.07, 6.45) is -2.98. The van der Waals surface area contributed by atoms with E-state index in [0.717, 1.165) is 27.6 Å². The van der Waals surface area contributed by atoms with Crippen molar-refractivity contribution in [2.24, 2.45) is 5.92 Å². The molecule has 7 aromatic rings. The van der Waals surface area contributed by atoms with Gasteiger partial charge in [0.1, 0.15) is 47.5 Å². The molecule has 0 spiro atoms. The summed E-state index contributed by atoms with van der Waals surface area (Å²) in [4.78, 5) is 59.5. The number of halogens is 1. The summed E-state index contributed by atoms with van der Waals surface area (Å²) in [5.41, 5.74) is 1.03. The van der Waals surface area contributed by atoms with E-state index in [1.54, 1.807) is 38.8 Å². The van der Waals surface area contributed by atoms with Gasteiger partial charge in [0.05, 0.1) is 59.1 Å². The molecule has 0 saturated carbocycles. The van der Waals surface area contributed by atoms with Gasteiger partial charge in [0.25, 0.3) is 5.56 Å². The molecule has 1 aliphatic rings. The van der Waals surface area contributed by atoms with Crippen molar-refractivity contribution in [3.8, 4) is 17.6 Å². The number of alkyl halides is 1. The van der Waals surface area contributed by atoms with Crippen LogP contribution in [-0.2, 0) is 67.5 Å². The summed E-state index contributed by atoms with van der Waals surface area (Å²) in [6.45, 7) is -1.58. The molecule has 26 heteroatoms. The Morgan fingerprint density at radius 2 is 1.65 bits per heavy atom. The van der Waals surface area contributed by atoms with Crippen LogP contribution in [0.5, 0.6) is 11.5 Å². The highest BCUT2D eigenvalue weighted by Crippen LogP contribution is 2.51. The molecule has 8 rings (SSSR count). The van der Waals surface area contributed by atoms with Crippen LogP contribution in [0.25, 0.3) is 22.3 Å². The molecular weight excluding hydrogens is 998 g/mol. The first-order valence-electron chi connectivity index (χ1n) is 22.2. The van der Waals surface area contributed by atoms with Gasteiger partial charge in [-0.1, -0.05) is 68.4 Å². The van der Waals surface area contributed by atoms with Crippen molar-refractivity contribution < 1.29 is 55.7 Å². The van der Waals surface area contributed by atoms with E-state index in [1.807, 2.05) is 84.9 Å². The van der Waals surface area contributed by atoms with Gasteiger partial charge >= 0.3 is 15.0 Å². The number of imidazole rings is 2. The second-order valence-corrected chi connectivity index (χ2v) is 19.9. The number of hydrogen-bond acceptors (Lipinski definition) is 18. The van der Waals surface area contributed by atoms with Gasteiger partial charge < -0.3 is 37.1 Å². The first-order chi connectivity index (χ1) is 34.8. The lowest BCUT2D eigenvalue weighted by atomic mass is 9.80. The summed E-state index contributed by atoms with van der Waals surface area (Å²) in [5, 5.41) is 11.8. The number of carbonyl (C=O) groups excluding carboxylic acids is 1. The van der Waals surface area contributed by atoms with E-state index in [1.165, 1.54) is 6.33 Å². The number of hydrogen-bond donors (Lipinski definition) is 3. The molecule has 3 N–H and O–H groups in total. The van der Waals surface area contributed by atoms with Crippen molar-refractivity contribution in [2.45, 2.75) is 63.6 Å². The minimum atomic E-state index is -3.85. The first-order valence-corrected chi connectivity index (χ1v) is 25.9. The van der Waals surface area contributed by atoms with Gasteiger partial charge in [0.2, 0.25) is 11.9 Å². The zero-order valence-electron chi connectivity index (χ0n) is 39.1. The molecule has 2 unspecified atom stereocenters. The number of fused-ring (bicyclic) bond motifs is 2. The second-order valence-electron chi connectivity index (χ2n) is 16.2. The van der Waals surface area contributed by atoms with Crippen LogP contribution in [0.3, 0.4) is 0 Å². The maximum atomic E-state index is 16.4. The Morgan fingerprint density at radius 3 is 2.29 bits per heavy atom. The van der Waals surface area contributed by atoms with Crippen LogP contribution in [0.1, 0.15) is 49.0 Å². The number of anilines is 1. The predicted octanol–water partition coefficient (Wildman–Crippen LogP) is 6.54. The highest BCUT2D eigenvalue weighted by molar-refractivity contribution is 8.07. The third kappa shape index (κ3) is 11.3. The molecule has 6 atom stereocenters. The second kappa shape index (κ2) is 22.9. The molecule has 5 heterocycles. The van der Waals surface area contributed by atoms with Crippen molar-refractivity contribution in [3.63, 3.8) is 0 Å². The Bertz CT molecular complexity index is 3130. The molecule has 4 aromatic heterocycles. The van der Waals surface area contributed by atoms with Gasteiger partial charge in [-0.05, 0) is 52.8 Å². The summed E-state index contributed by atoms with van der Waals surface area (Å²) < 4.78 is 78.7. The minimum absolute atomic E-state index is 0.0611. The Hall–Kier alpha value is -6.48. The monoisotopic (exact) mass is 1050 g/mol. The average Bonchev–Trinajstić information content (AvgIpc) is 4.06. The molecule has 0 aliphatic carbocycles. The van der Waals surface area contributed by atoms with Crippen molar-refractivity contribution in [1.29, 1.82) is 5.26 Å². The fraction of sp³-hybridized carbons (Fsp3) is 0.348. The predicted molar refractivity (Wildman–Crippen MR) is 260 cm³/mol. The maximum absolute atomic E-state index is 16.4. The lowest BCUT2D eigenvalue weighted by molar-refractivity contribution is -0.118. The van der Waals surface area contributed by atoms with E-state index in [0.29, 0.717) is 28.5 Å². The van der Waals surface area contributed by atoms with Crippen LogP contribution in [0.15, 0.2) is 103 Å². The van der Waals surface area contributed by atoms with Crippen LogP contribution < -0.4 is 20.3 Å². The fourth-order valence-electron chi connectivity index (χ4n) is 7.94. The van der Waals surface area contributed by atoms with Gasteiger partial charge in [-0.15, -0.1) is 9.42 Å². The molecule has 1 fully saturated rings. The Balaban J connectivity index is 1.05. The summed E-state index contributed by atoms with van der Waals surface area (Å²) in [7, 11) is -0.199. The number of nitriles is 1. The van der Waals surface area contributed by atoms with Gasteiger partial charge in [-0.2, -0.15) is 10.2 Å². The van der Waals surface area contributed by atoms with Crippen LogP contribution in [-0.4, -0.2) is 102 Å². The van der Waals surface area contributed by atoms with Crippen LogP contribution in [0.4, 0.5) is 10.3 Å². The molecule has 0 bridgehead atoms. The van der Waals surface area contributed by atoms with Crippen LogP contribution in [0.2, 0.25) is 0 Å². The molecule has 376 valence electrons. The standard InChI is InChI=1S/C46H47FN10O12P2S/c1-28(2)42(58)54-45-53-41-38(43(59)55-45)51-27-57(41)44-39(69-70(60)61)37(47)35(68-44)24-67-71(72,65-21-8-19-48)66-22-20-56-36(52-34-23-49-26-50-40(34)56)25-64-46(29-9-6-5-7-10-29,30-11-15-32(62-3)16-12-30)31-13-17-33(63-4)18-14-31/h5-7,9-18,23,26-28,35,37,39,44H,8,20-22,24-25H2,1-4H3,(H2-,53,54,55,58,59,60,61)/p+1/t35-,37+,39-,44-,71?/m1/s1. The number of nitrogens with one attached hydrogen (secondary N) is 2. The zero-order valence-corrected chi connectivity index (χ0v) is 41.7. The number of carbonyl (C=O) groups is 1. The quantitative estimate of drug-likeness (QED) is 0.0349. The van der Waals surface area contributed by atoms with Crippen LogP contribution in [0, 0.1) is 17.2 Å². The summed E-state index contributed by atoms with van der Waals surface area (Å²) >= 11 is 5.81. The molecular formula is C46H48FN10O12P2S+. The minimum Gasteiger partial charge on any atom is -0.497 e. The van der Waals surface area contributed by atoms with Crippen molar-refractivity contribution in [1.82, 2.24) is 39.0 Å². The number of amides is 1. The number of H-pyrrole nitrogens is 1. The number of methoxy groups -OCH3 is 2. The van der Waals surface area contributed by atoms with Crippen molar-refractivity contribution in [2.75, 3.05) is 39.4 Å². The van der Waals surface area contributed by atoms with Gasteiger partial charge in [0.15, 0.2) is 35.3 Å². The molecule has 1 saturated heterocycles. The SMILES string of the molecule is COc1ccc(C(OCc2nc3cncnc3n2CCOP(=S)(OCCC#N)OC[C@H]2O[C@@H](n3cnc4c(=O)[nH]c(NC(=O)C(C)C)nc43)[C@H](O[P+](=O)O)[C@H]2F)(c2ccccc2)c2ccc(OC)cc2)cc1. The molecule has 1 amide bonds. The normalized spacial score (nSPS) is 18.0. The highest BCUT2D eigenvalue weighted by Gasteiger charge is 2.52. The number of ether oxygens (including phenoxy) is 4. The number of nitrogens with zero attached hydrogens (tertiary/aromatic N) is 8. The molecule has 3 aromatic carbocycles. The Labute approximate surface area is 416 Å². The topological polar surface area (TPSA) is 271 Å². The van der Waals surface area contributed by atoms with E-state index in [2.05, 4.69) is 30.2 Å². The Kier molecular flexibility index (Phi) is 16.5. The van der Waals surface area contributed by atoms with Crippen molar-refractivity contribution in [3.05, 3.63) is 131 Å². The lowest BCUT2D eigenvalue weighted by Crippen LogP contribution is -2.33. The van der Waals surface area contributed by atoms with E-state index in [-0.39, 0.29) is 49.9 Å². The third-order valence-electron chi connectivity index (χ3n) is 11.5. The van der Waals surface area contributed by atoms with E-state index >= 15 is 4.39 Å². The highest BCUT2D eigenvalue weighted by atomic mass is 32.5. The number of aromatic nitrogens is 8. The van der Waals surface area contributed by atoms with E-state index < -0.39 is 69.2 Å². The van der Waals surface area contributed by atoms with Gasteiger partial charge in [-0.25, -0.2) is 24.3 Å². The molecule has 72 heavy (non-hydrogen) atoms. The zero-order chi connectivity index (χ0) is 51.0. The smallest absolute Gasteiger partial charge is 0.497 e. The van der Waals surface area contributed by atoms with E-state index in [4.69, 9.17) is 53.8 Å². The average molecular weight is 1050 g/mol. The summed E-state index contributed by atoms with van der Waals surface area (Å²) in [5.74, 6) is 0.612. The van der Waals surface area contributed by atoms with Gasteiger partial charge in [-0.3, -0.25) is 24.5 Å². The lowest BCUT2D eigenvalue weighted by Gasteiger charge is -2.36. The summed E-state index contributed by atoms with van der Waals surface area (Å²) in [6, 6.07) is 26.9. The van der Waals surface area contributed by atoms with E-state index in [9.17, 15) is 24.3 Å². The maximum Gasteiger partial charge on any atom is 0.695 e. The molecule has 1 aliphatic heterocycles.